The molecule has 0 aliphatic carbocycles. The molecule has 1 radical (unpaired) electrons. The van der Waals surface area contributed by atoms with E-state index in [1.54, 1.807) is 5.19 Å². The summed E-state index contributed by atoms with van der Waals surface area (Å²) in [5.74, 6) is 0. The van der Waals surface area contributed by atoms with Crippen molar-refractivity contribution in [1.29, 1.82) is 0 Å². The minimum absolute atomic E-state index is 1.15. The normalized spacial score (nSPS) is 11.6. The second-order valence-corrected chi connectivity index (χ2v) is 9.05. The molecule has 1 aromatic rings. The van der Waals surface area contributed by atoms with Crippen LogP contribution in [0, 0.1) is 6.07 Å². The third-order valence-electron chi connectivity index (χ3n) is 3.02. The molecule has 0 saturated carbocycles. The molecule has 1 heteroatoms. The first kappa shape index (κ1) is 11.5. The zero-order valence-corrected chi connectivity index (χ0v) is 10.6. The molecule has 14 heavy (non-hydrogen) atoms. The van der Waals surface area contributed by atoms with Crippen LogP contribution in [0.1, 0.15) is 26.7 Å². The first-order valence-corrected chi connectivity index (χ1v) is 8.61. The maximum Gasteiger partial charge on any atom is 0.0836 e. The summed E-state index contributed by atoms with van der Waals surface area (Å²) in [5.41, 5.74) is 0. The maximum absolute atomic E-state index is 3.11. The van der Waals surface area contributed by atoms with Crippen molar-refractivity contribution in [3.05, 3.63) is 30.3 Å². The van der Waals surface area contributed by atoms with Gasteiger partial charge >= 0.3 is 0 Å². The van der Waals surface area contributed by atoms with Crippen LogP contribution in [0.25, 0.3) is 0 Å². The Morgan fingerprint density at radius 2 is 1.57 bits per heavy atom. The van der Waals surface area contributed by atoms with Crippen molar-refractivity contribution >= 4 is 13.3 Å². The Kier molecular flexibility index (Phi) is 4.40. The molecule has 0 fully saturated rings. The van der Waals surface area contributed by atoms with E-state index in [0.29, 0.717) is 0 Å². The first-order valence-electron chi connectivity index (χ1n) is 5.69. The Morgan fingerprint density at radius 3 is 2.00 bits per heavy atom. The van der Waals surface area contributed by atoms with Gasteiger partial charge in [0.25, 0.3) is 0 Å². The summed E-state index contributed by atoms with van der Waals surface area (Å²) in [6.07, 6.45) is 2.64. The van der Waals surface area contributed by atoms with Gasteiger partial charge in [-0.15, -0.1) is 0 Å². The highest BCUT2D eigenvalue weighted by Crippen LogP contribution is 2.19. The van der Waals surface area contributed by atoms with Crippen LogP contribution in [0.4, 0.5) is 0 Å². The van der Waals surface area contributed by atoms with Gasteiger partial charge in [0.1, 0.15) is 0 Å². The van der Waals surface area contributed by atoms with E-state index in [-0.39, 0.29) is 0 Å². The molecule has 0 heterocycles. The molecule has 0 bridgehead atoms. The Bertz CT molecular complexity index is 247. The molecule has 0 aromatic heterocycles. The fraction of sp³-hybridized carbons (Fsp3) is 0.538. The molecule has 0 saturated heterocycles. The van der Waals surface area contributed by atoms with Gasteiger partial charge in [-0.25, -0.2) is 0 Å². The molecule has 77 valence electrons. The SMILES string of the molecule is CCC[Si](C)(CCC)c1cc[c]cc1. The highest BCUT2D eigenvalue weighted by Gasteiger charge is 2.26. The lowest BCUT2D eigenvalue weighted by molar-refractivity contribution is 0.990. The number of hydrogen-bond donors (Lipinski definition) is 0. The summed E-state index contributed by atoms with van der Waals surface area (Å²) in [6.45, 7) is 7.13. The van der Waals surface area contributed by atoms with Gasteiger partial charge < -0.3 is 0 Å². The molecule has 0 aliphatic rings. The summed E-state index contributed by atoms with van der Waals surface area (Å²) in [7, 11) is -1.15. The zero-order valence-electron chi connectivity index (χ0n) is 9.64. The van der Waals surface area contributed by atoms with Crippen molar-refractivity contribution in [2.75, 3.05) is 0 Å². The van der Waals surface area contributed by atoms with E-state index in [0.717, 1.165) is 0 Å². The summed E-state index contributed by atoms with van der Waals surface area (Å²) >= 11 is 0. The highest BCUT2D eigenvalue weighted by molar-refractivity contribution is 6.90. The van der Waals surface area contributed by atoms with Crippen LogP contribution in [0.2, 0.25) is 18.6 Å². The molecule has 0 atom stereocenters. The summed E-state index contributed by atoms with van der Waals surface area (Å²) in [5, 5.41) is 1.61. The third kappa shape index (κ3) is 2.71. The lowest BCUT2D eigenvalue weighted by Gasteiger charge is -2.27. The summed E-state index contributed by atoms with van der Waals surface area (Å²) in [4.78, 5) is 0. The molecule has 1 aromatic carbocycles. The molecular formula is C13H21Si. The minimum atomic E-state index is -1.15. The number of benzene rings is 1. The molecule has 0 amide bonds. The highest BCUT2D eigenvalue weighted by atomic mass is 28.3. The Hall–Kier alpha value is -0.563. The van der Waals surface area contributed by atoms with Crippen LogP contribution >= 0.6 is 0 Å². The molecule has 1 rings (SSSR count). The predicted molar refractivity (Wildman–Crippen MR) is 66.7 cm³/mol. The summed E-state index contributed by atoms with van der Waals surface area (Å²) < 4.78 is 0. The topological polar surface area (TPSA) is 0 Å². The van der Waals surface area contributed by atoms with E-state index in [1.165, 1.54) is 24.9 Å². The smallest absolute Gasteiger partial charge is 0.0656 e. The number of rotatable bonds is 5. The van der Waals surface area contributed by atoms with E-state index in [9.17, 15) is 0 Å². The zero-order chi connectivity index (χ0) is 10.4. The van der Waals surface area contributed by atoms with Crippen LogP contribution < -0.4 is 5.19 Å². The van der Waals surface area contributed by atoms with Crippen LogP contribution in [0.5, 0.6) is 0 Å². The Balaban J connectivity index is 2.87. The molecule has 0 aliphatic heterocycles. The van der Waals surface area contributed by atoms with Gasteiger partial charge in [-0.05, 0) is 6.07 Å². The van der Waals surface area contributed by atoms with Gasteiger partial charge in [-0.3, -0.25) is 0 Å². The molecule has 0 nitrogen and oxygen atoms in total. The van der Waals surface area contributed by atoms with Crippen LogP contribution in [-0.4, -0.2) is 8.07 Å². The third-order valence-corrected chi connectivity index (χ3v) is 7.95. The Labute approximate surface area is 89.4 Å². The fourth-order valence-corrected chi connectivity index (χ4v) is 6.31. The maximum atomic E-state index is 3.11. The second kappa shape index (κ2) is 5.35. The quantitative estimate of drug-likeness (QED) is 0.644. The van der Waals surface area contributed by atoms with Gasteiger partial charge in [0.15, 0.2) is 0 Å². The monoisotopic (exact) mass is 205 g/mol. The van der Waals surface area contributed by atoms with Gasteiger partial charge in [-0.1, -0.05) is 74.8 Å². The van der Waals surface area contributed by atoms with Crippen molar-refractivity contribution in [2.24, 2.45) is 0 Å². The fourth-order valence-electron chi connectivity index (χ4n) is 2.31. The van der Waals surface area contributed by atoms with Crippen LogP contribution in [-0.2, 0) is 0 Å². The van der Waals surface area contributed by atoms with E-state index in [4.69, 9.17) is 0 Å². The summed E-state index contributed by atoms with van der Waals surface area (Å²) in [6, 6.07) is 14.6. The lowest BCUT2D eigenvalue weighted by atomic mass is 10.4. The van der Waals surface area contributed by atoms with Gasteiger partial charge in [0.2, 0.25) is 0 Å². The van der Waals surface area contributed by atoms with E-state index in [1.807, 2.05) is 0 Å². The molecule has 0 spiro atoms. The Morgan fingerprint density at radius 1 is 1.07 bits per heavy atom. The van der Waals surface area contributed by atoms with Gasteiger partial charge in [0.05, 0.1) is 8.07 Å². The van der Waals surface area contributed by atoms with E-state index in [2.05, 4.69) is 50.7 Å². The predicted octanol–water partition coefficient (Wildman–Crippen LogP) is 3.59. The number of hydrogen-bond acceptors (Lipinski definition) is 0. The lowest BCUT2D eigenvalue weighted by Crippen LogP contribution is -2.43. The average Bonchev–Trinajstić information content (AvgIpc) is 2.20. The largest absolute Gasteiger partial charge is 0.0836 e. The molecular weight excluding hydrogens is 184 g/mol. The van der Waals surface area contributed by atoms with E-state index >= 15 is 0 Å². The van der Waals surface area contributed by atoms with Crippen LogP contribution in [0.3, 0.4) is 0 Å². The first-order chi connectivity index (χ1) is 6.73. The van der Waals surface area contributed by atoms with Crippen molar-refractivity contribution < 1.29 is 0 Å². The molecule has 0 N–H and O–H groups in total. The van der Waals surface area contributed by atoms with Crippen LogP contribution in [0.15, 0.2) is 24.3 Å². The standard InChI is InChI=1S/C13H21Si/c1-4-11-14(3,12-5-2)13-9-7-6-8-10-13/h7-10H,4-5,11-12H2,1-3H3. The molecule has 0 unspecified atom stereocenters. The average molecular weight is 205 g/mol. The van der Waals surface area contributed by atoms with Gasteiger partial charge in [0, 0.05) is 0 Å². The van der Waals surface area contributed by atoms with E-state index < -0.39 is 8.07 Å². The van der Waals surface area contributed by atoms with Crippen molar-refractivity contribution in [3.8, 4) is 0 Å². The van der Waals surface area contributed by atoms with Crippen molar-refractivity contribution in [2.45, 2.75) is 45.3 Å². The minimum Gasteiger partial charge on any atom is -0.0656 e. The van der Waals surface area contributed by atoms with Crippen molar-refractivity contribution in [1.82, 2.24) is 0 Å². The van der Waals surface area contributed by atoms with Crippen molar-refractivity contribution in [3.63, 3.8) is 0 Å². The van der Waals surface area contributed by atoms with Gasteiger partial charge in [-0.2, -0.15) is 0 Å². The second-order valence-electron chi connectivity index (χ2n) is 4.35.